The molecule has 0 radical (unpaired) electrons. The highest BCUT2D eigenvalue weighted by molar-refractivity contribution is 7.10. The monoisotopic (exact) mass is 255 g/mol. The number of rotatable bonds is 4. The van der Waals surface area contributed by atoms with Crippen LogP contribution >= 0.6 is 22.9 Å². The van der Waals surface area contributed by atoms with Crippen molar-refractivity contribution in [2.24, 2.45) is 5.73 Å². The Labute approximate surface area is 104 Å². The second-order valence-electron chi connectivity index (χ2n) is 3.65. The summed E-state index contributed by atoms with van der Waals surface area (Å²) in [4.78, 5) is 0.998. The van der Waals surface area contributed by atoms with Crippen molar-refractivity contribution in [3.05, 3.63) is 39.3 Å². The molecule has 0 amide bonds. The van der Waals surface area contributed by atoms with E-state index in [2.05, 4.69) is 12.0 Å². The fourth-order valence-corrected chi connectivity index (χ4v) is 2.77. The van der Waals surface area contributed by atoms with Crippen molar-refractivity contribution in [2.75, 3.05) is 0 Å². The Morgan fingerprint density at radius 3 is 3.06 bits per heavy atom. The van der Waals surface area contributed by atoms with Crippen LogP contribution in [0.25, 0.3) is 0 Å². The van der Waals surface area contributed by atoms with Crippen molar-refractivity contribution in [1.29, 1.82) is 0 Å². The second kappa shape index (κ2) is 4.99. The molecular weight excluding hydrogens is 242 g/mol. The molecule has 0 fully saturated rings. The zero-order valence-electron chi connectivity index (χ0n) is 9.06. The normalized spacial score (nSPS) is 12.9. The average Bonchev–Trinajstić information content (AvgIpc) is 2.87. The number of nitrogens with zero attached hydrogens (tertiary/aromatic N) is 2. The highest BCUT2D eigenvalue weighted by Gasteiger charge is 2.15. The zero-order valence-corrected chi connectivity index (χ0v) is 10.6. The molecule has 1 atom stereocenters. The van der Waals surface area contributed by atoms with Gasteiger partial charge < -0.3 is 5.73 Å². The van der Waals surface area contributed by atoms with Crippen molar-refractivity contribution >= 4 is 22.9 Å². The van der Waals surface area contributed by atoms with Gasteiger partial charge in [0.05, 0.1) is 17.3 Å². The van der Waals surface area contributed by atoms with Crippen LogP contribution in [-0.2, 0) is 6.54 Å². The SMILES string of the molecule is CCCn1cc(C(N)c2sccc2Cl)cn1. The van der Waals surface area contributed by atoms with E-state index in [4.69, 9.17) is 17.3 Å². The first-order valence-corrected chi connectivity index (χ1v) is 6.49. The molecule has 0 bridgehead atoms. The number of hydrogen-bond acceptors (Lipinski definition) is 3. The second-order valence-corrected chi connectivity index (χ2v) is 5.00. The van der Waals surface area contributed by atoms with Crippen LogP contribution in [0.3, 0.4) is 0 Å². The van der Waals surface area contributed by atoms with Gasteiger partial charge in [-0.25, -0.2) is 0 Å². The maximum absolute atomic E-state index is 6.14. The van der Waals surface area contributed by atoms with Gasteiger partial charge in [0.25, 0.3) is 0 Å². The highest BCUT2D eigenvalue weighted by Crippen LogP contribution is 2.30. The van der Waals surface area contributed by atoms with E-state index in [9.17, 15) is 0 Å². The third kappa shape index (κ3) is 2.29. The molecule has 0 aromatic carbocycles. The Morgan fingerprint density at radius 2 is 2.44 bits per heavy atom. The minimum absolute atomic E-state index is 0.168. The molecule has 5 heteroatoms. The highest BCUT2D eigenvalue weighted by atomic mass is 35.5. The maximum Gasteiger partial charge on any atom is 0.0692 e. The molecule has 0 saturated carbocycles. The Hall–Kier alpha value is -0.840. The number of hydrogen-bond donors (Lipinski definition) is 1. The molecule has 86 valence electrons. The summed E-state index contributed by atoms with van der Waals surface area (Å²) >= 11 is 7.64. The van der Waals surface area contributed by atoms with E-state index in [1.54, 1.807) is 11.3 Å². The molecule has 2 N–H and O–H groups in total. The smallest absolute Gasteiger partial charge is 0.0692 e. The van der Waals surface area contributed by atoms with Crippen molar-refractivity contribution in [3.8, 4) is 0 Å². The Morgan fingerprint density at radius 1 is 1.62 bits per heavy atom. The van der Waals surface area contributed by atoms with E-state index in [1.165, 1.54) is 0 Å². The van der Waals surface area contributed by atoms with E-state index < -0.39 is 0 Å². The topological polar surface area (TPSA) is 43.8 Å². The molecular formula is C11H14ClN3S. The maximum atomic E-state index is 6.14. The number of halogens is 1. The Bertz CT molecular complexity index is 463. The summed E-state index contributed by atoms with van der Waals surface area (Å²) in [5.74, 6) is 0. The van der Waals surface area contributed by atoms with Crippen LogP contribution in [0.1, 0.15) is 29.8 Å². The number of thiophene rings is 1. The van der Waals surface area contributed by atoms with Crippen LogP contribution < -0.4 is 5.73 Å². The van der Waals surface area contributed by atoms with Gasteiger partial charge >= 0.3 is 0 Å². The lowest BCUT2D eigenvalue weighted by Gasteiger charge is -2.07. The minimum atomic E-state index is -0.168. The van der Waals surface area contributed by atoms with E-state index in [1.807, 2.05) is 28.5 Å². The van der Waals surface area contributed by atoms with Gasteiger partial charge in [0.1, 0.15) is 0 Å². The first-order chi connectivity index (χ1) is 7.72. The van der Waals surface area contributed by atoms with Gasteiger partial charge in [0.2, 0.25) is 0 Å². The molecule has 3 nitrogen and oxygen atoms in total. The van der Waals surface area contributed by atoms with Gasteiger partial charge in [-0.2, -0.15) is 5.10 Å². The summed E-state index contributed by atoms with van der Waals surface area (Å²) in [7, 11) is 0. The summed E-state index contributed by atoms with van der Waals surface area (Å²) in [6.45, 7) is 3.04. The number of aryl methyl sites for hydroxylation is 1. The molecule has 16 heavy (non-hydrogen) atoms. The van der Waals surface area contributed by atoms with Gasteiger partial charge in [0.15, 0.2) is 0 Å². The molecule has 0 aliphatic carbocycles. The van der Waals surface area contributed by atoms with Crippen LogP contribution in [0, 0.1) is 0 Å². The molecule has 2 heterocycles. The van der Waals surface area contributed by atoms with E-state index in [0.717, 1.165) is 28.4 Å². The standard InChI is InChI=1S/C11H14ClN3S/c1-2-4-15-7-8(6-14-15)10(13)11-9(12)3-5-16-11/h3,5-7,10H,2,4,13H2,1H3. The summed E-state index contributed by atoms with van der Waals surface area (Å²) in [5.41, 5.74) is 7.16. The Balaban J connectivity index is 2.20. The Kier molecular flexibility index (Phi) is 3.63. The van der Waals surface area contributed by atoms with Crippen molar-refractivity contribution in [3.63, 3.8) is 0 Å². The lowest BCUT2D eigenvalue weighted by Crippen LogP contribution is -2.09. The zero-order chi connectivity index (χ0) is 11.5. The van der Waals surface area contributed by atoms with Gasteiger partial charge in [0, 0.05) is 23.2 Å². The van der Waals surface area contributed by atoms with E-state index in [-0.39, 0.29) is 6.04 Å². The average molecular weight is 256 g/mol. The van der Waals surface area contributed by atoms with E-state index >= 15 is 0 Å². The number of nitrogens with two attached hydrogens (primary N) is 1. The minimum Gasteiger partial charge on any atom is -0.319 e. The summed E-state index contributed by atoms with van der Waals surface area (Å²) in [6.07, 6.45) is 4.87. The third-order valence-corrected chi connectivity index (χ3v) is 3.83. The van der Waals surface area contributed by atoms with Crippen LogP contribution in [0.15, 0.2) is 23.8 Å². The lowest BCUT2D eigenvalue weighted by atomic mass is 10.1. The molecule has 2 aromatic heterocycles. The third-order valence-electron chi connectivity index (χ3n) is 2.39. The van der Waals surface area contributed by atoms with E-state index in [0.29, 0.717) is 0 Å². The molecule has 1 unspecified atom stereocenters. The first kappa shape index (κ1) is 11.6. The first-order valence-electron chi connectivity index (χ1n) is 5.23. The van der Waals surface area contributed by atoms with Crippen LogP contribution in [-0.4, -0.2) is 9.78 Å². The fraction of sp³-hybridized carbons (Fsp3) is 0.364. The molecule has 2 rings (SSSR count). The van der Waals surface area contributed by atoms with Crippen LogP contribution in [0.4, 0.5) is 0 Å². The summed E-state index contributed by atoms with van der Waals surface area (Å²) in [5, 5.41) is 6.95. The molecule has 0 saturated heterocycles. The molecule has 0 spiro atoms. The summed E-state index contributed by atoms with van der Waals surface area (Å²) in [6, 6.07) is 1.70. The van der Waals surface area contributed by atoms with Gasteiger partial charge in [-0.05, 0) is 17.9 Å². The predicted molar refractivity (Wildman–Crippen MR) is 67.9 cm³/mol. The lowest BCUT2D eigenvalue weighted by molar-refractivity contribution is 0.602. The quantitative estimate of drug-likeness (QED) is 0.913. The van der Waals surface area contributed by atoms with Gasteiger partial charge in [-0.1, -0.05) is 18.5 Å². The predicted octanol–water partition coefficient (Wildman–Crippen LogP) is 3.06. The fourth-order valence-electron chi connectivity index (χ4n) is 1.57. The van der Waals surface area contributed by atoms with Gasteiger partial charge in [-0.15, -0.1) is 11.3 Å². The summed E-state index contributed by atoms with van der Waals surface area (Å²) < 4.78 is 1.91. The van der Waals surface area contributed by atoms with Crippen molar-refractivity contribution < 1.29 is 0 Å². The van der Waals surface area contributed by atoms with Crippen molar-refractivity contribution in [2.45, 2.75) is 25.9 Å². The van der Waals surface area contributed by atoms with Crippen molar-refractivity contribution in [1.82, 2.24) is 9.78 Å². The molecule has 0 aliphatic rings. The molecule has 2 aromatic rings. The van der Waals surface area contributed by atoms with Crippen LogP contribution in [0.5, 0.6) is 0 Å². The number of aromatic nitrogens is 2. The van der Waals surface area contributed by atoms with Crippen LogP contribution in [0.2, 0.25) is 5.02 Å². The van der Waals surface area contributed by atoms with Gasteiger partial charge in [-0.3, -0.25) is 4.68 Å². The largest absolute Gasteiger partial charge is 0.319 e. The molecule has 0 aliphatic heterocycles.